The second-order valence-corrected chi connectivity index (χ2v) is 11.7. The van der Waals surface area contributed by atoms with E-state index in [0.717, 1.165) is 10.6 Å². The number of benzene rings is 1. The van der Waals surface area contributed by atoms with Gasteiger partial charge in [0.05, 0.1) is 23.3 Å². The average Bonchev–Trinajstić information content (AvgIpc) is 3.45. The van der Waals surface area contributed by atoms with Crippen molar-refractivity contribution in [1.29, 1.82) is 0 Å². The molecule has 2 aromatic heterocycles. The van der Waals surface area contributed by atoms with Crippen molar-refractivity contribution < 1.29 is 17.6 Å². The van der Waals surface area contributed by atoms with Crippen LogP contribution in [0.2, 0.25) is 0 Å². The summed E-state index contributed by atoms with van der Waals surface area (Å²) >= 11 is 1.44. The molecule has 3 aromatic rings. The molecule has 7 nitrogen and oxygen atoms in total. The number of carbonyl (C=O) groups excluding carboxylic acids is 1. The largest absolute Gasteiger partial charge is 0.462 e. The second-order valence-electron chi connectivity index (χ2n) is 8.86. The van der Waals surface area contributed by atoms with E-state index in [1.807, 2.05) is 23.6 Å². The van der Waals surface area contributed by atoms with E-state index in [1.54, 1.807) is 29.4 Å². The number of aromatic nitrogens is 1. The summed E-state index contributed by atoms with van der Waals surface area (Å²) in [7, 11) is -3.58. The number of hydrogen-bond acceptors (Lipinski definition) is 6. The van der Waals surface area contributed by atoms with Gasteiger partial charge in [-0.05, 0) is 35.2 Å². The molecule has 1 aliphatic rings. The molecule has 0 N–H and O–H groups in total. The lowest BCUT2D eigenvalue weighted by atomic mass is 9.87. The van der Waals surface area contributed by atoms with E-state index >= 15 is 0 Å². The van der Waals surface area contributed by atoms with E-state index in [4.69, 9.17) is 4.42 Å². The van der Waals surface area contributed by atoms with Gasteiger partial charge >= 0.3 is 0 Å². The Kier molecular flexibility index (Phi) is 6.24. The van der Waals surface area contributed by atoms with Crippen LogP contribution >= 0.6 is 11.3 Å². The van der Waals surface area contributed by atoms with Gasteiger partial charge in [-0.15, -0.1) is 11.3 Å². The number of furan rings is 1. The molecule has 1 aromatic carbocycles. The van der Waals surface area contributed by atoms with Crippen LogP contribution in [0.5, 0.6) is 0 Å². The lowest BCUT2D eigenvalue weighted by Gasteiger charge is -2.34. The molecule has 3 heterocycles. The standard InChI is InChI=1S/C23H27N3O4S2/c1-23(2,3)17-6-8-19(9-7-17)32(28,29)26-12-10-25(11-13-26)21(27)15-18-16-31-22(24-18)20-5-4-14-30-20/h4-9,14,16H,10-13,15H2,1-3H3. The number of sulfonamides is 1. The molecule has 1 amide bonds. The number of nitrogens with zero attached hydrogens (tertiary/aromatic N) is 3. The Morgan fingerprint density at radius 1 is 1.09 bits per heavy atom. The van der Waals surface area contributed by atoms with Crippen molar-refractivity contribution in [3.63, 3.8) is 0 Å². The molecule has 0 unspecified atom stereocenters. The maximum absolute atomic E-state index is 13.0. The zero-order valence-electron chi connectivity index (χ0n) is 18.4. The van der Waals surface area contributed by atoms with Gasteiger partial charge in [0, 0.05) is 31.6 Å². The van der Waals surface area contributed by atoms with Gasteiger partial charge in [0.15, 0.2) is 10.8 Å². The van der Waals surface area contributed by atoms with Gasteiger partial charge in [0.1, 0.15) is 0 Å². The molecule has 0 spiro atoms. The molecular formula is C23H27N3O4S2. The third-order valence-electron chi connectivity index (χ3n) is 5.57. The molecule has 0 aliphatic carbocycles. The second kappa shape index (κ2) is 8.80. The average molecular weight is 474 g/mol. The predicted molar refractivity (Wildman–Crippen MR) is 124 cm³/mol. The van der Waals surface area contributed by atoms with E-state index in [9.17, 15) is 13.2 Å². The highest BCUT2D eigenvalue weighted by molar-refractivity contribution is 7.89. The zero-order chi connectivity index (χ0) is 22.9. The minimum atomic E-state index is -3.58. The molecule has 0 atom stereocenters. The summed E-state index contributed by atoms with van der Waals surface area (Å²) in [5.74, 6) is 0.635. The molecule has 1 fully saturated rings. The predicted octanol–water partition coefficient (Wildman–Crippen LogP) is 3.78. The van der Waals surface area contributed by atoms with Crippen molar-refractivity contribution >= 4 is 27.3 Å². The van der Waals surface area contributed by atoms with Crippen LogP contribution < -0.4 is 0 Å². The van der Waals surface area contributed by atoms with Crippen molar-refractivity contribution in [2.75, 3.05) is 26.2 Å². The number of piperazine rings is 1. The first kappa shape index (κ1) is 22.7. The number of amides is 1. The normalized spacial score (nSPS) is 15.8. The van der Waals surface area contributed by atoms with E-state index in [-0.39, 0.29) is 30.8 Å². The highest BCUT2D eigenvalue weighted by Crippen LogP contribution is 2.26. The summed E-state index contributed by atoms with van der Waals surface area (Å²) < 4.78 is 32.9. The fourth-order valence-corrected chi connectivity index (χ4v) is 5.83. The van der Waals surface area contributed by atoms with Gasteiger partial charge in [-0.2, -0.15) is 4.31 Å². The third kappa shape index (κ3) is 4.79. The van der Waals surface area contributed by atoms with Gasteiger partial charge in [0.25, 0.3) is 0 Å². The van der Waals surface area contributed by atoms with Crippen LogP contribution in [-0.4, -0.2) is 54.7 Å². The van der Waals surface area contributed by atoms with Crippen molar-refractivity contribution in [3.8, 4) is 10.8 Å². The molecule has 0 radical (unpaired) electrons. The minimum Gasteiger partial charge on any atom is -0.462 e. The van der Waals surface area contributed by atoms with E-state index in [0.29, 0.717) is 29.4 Å². The molecule has 170 valence electrons. The molecule has 1 aliphatic heterocycles. The maximum atomic E-state index is 13.0. The molecule has 0 saturated carbocycles. The Morgan fingerprint density at radius 2 is 1.78 bits per heavy atom. The van der Waals surface area contributed by atoms with Crippen molar-refractivity contribution in [3.05, 3.63) is 59.3 Å². The van der Waals surface area contributed by atoms with Crippen LogP contribution in [0.25, 0.3) is 10.8 Å². The number of hydrogen-bond donors (Lipinski definition) is 0. The molecule has 0 bridgehead atoms. The molecule has 32 heavy (non-hydrogen) atoms. The van der Waals surface area contributed by atoms with E-state index in [2.05, 4.69) is 25.8 Å². The van der Waals surface area contributed by atoms with Crippen molar-refractivity contribution in [1.82, 2.24) is 14.2 Å². The smallest absolute Gasteiger partial charge is 0.243 e. The summed E-state index contributed by atoms with van der Waals surface area (Å²) in [5.41, 5.74) is 1.74. The summed E-state index contributed by atoms with van der Waals surface area (Å²) in [6, 6.07) is 10.7. The SMILES string of the molecule is CC(C)(C)c1ccc(S(=O)(=O)N2CCN(C(=O)Cc3csc(-c4ccco4)n3)CC2)cc1. The van der Waals surface area contributed by atoms with Crippen LogP contribution in [0.15, 0.2) is 57.4 Å². The van der Waals surface area contributed by atoms with Gasteiger partial charge in [-0.25, -0.2) is 13.4 Å². The van der Waals surface area contributed by atoms with Crippen LogP contribution in [-0.2, 0) is 26.7 Å². The Balaban J connectivity index is 1.35. The fourth-order valence-electron chi connectivity index (χ4n) is 3.62. The molecule has 9 heteroatoms. The summed E-state index contributed by atoms with van der Waals surface area (Å²) in [6.07, 6.45) is 1.78. The third-order valence-corrected chi connectivity index (χ3v) is 8.38. The van der Waals surface area contributed by atoms with Crippen LogP contribution in [0, 0.1) is 0 Å². The molecular weight excluding hydrogens is 446 g/mol. The maximum Gasteiger partial charge on any atom is 0.243 e. The van der Waals surface area contributed by atoms with Gasteiger partial charge < -0.3 is 9.32 Å². The number of rotatable bonds is 5. The summed E-state index contributed by atoms with van der Waals surface area (Å²) in [4.78, 5) is 19.2. The molecule has 4 rings (SSSR count). The fraction of sp³-hybridized carbons (Fsp3) is 0.391. The number of carbonyl (C=O) groups is 1. The van der Waals surface area contributed by atoms with E-state index < -0.39 is 10.0 Å². The molecule has 1 saturated heterocycles. The van der Waals surface area contributed by atoms with E-state index in [1.165, 1.54) is 15.6 Å². The minimum absolute atomic E-state index is 0.0374. The summed E-state index contributed by atoms with van der Waals surface area (Å²) in [5, 5.41) is 2.60. The zero-order valence-corrected chi connectivity index (χ0v) is 20.1. The highest BCUT2D eigenvalue weighted by atomic mass is 32.2. The Labute approximate surface area is 192 Å². The monoisotopic (exact) mass is 473 g/mol. The van der Waals surface area contributed by atoms with Crippen molar-refractivity contribution in [2.45, 2.75) is 37.5 Å². The van der Waals surface area contributed by atoms with Crippen LogP contribution in [0.4, 0.5) is 0 Å². The first-order chi connectivity index (χ1) is 15.1. The van der Waals surface area contributed by atoms with Crippen molar-refractivity contribution in [2.24, 2.45) is 0 Å². The Hall–Kier alpha value is -2.49. The highest BCUT2D eigenvalue weighted by Gasteiger charge is 2.30. The van der Waals surface area contributed by atoms with Gasteiger partial charge in [-0.1, -0.05) is 32.9 Å². The topological polar surface area (TPSA) is 83.7 Å². The van der Waals surface area contributed by atoms with Gasteiger partial charge in [-0.3, -0.25) is 4.79 Å². The van der Waals surface area contributed by atoms with Gasteiger partial charge in [0.2, 0.25) is 15.9 Å². The lowest BCUT2D eigenvalue weighted by molar-refractivity contribution is -0.131. The Morgan fingerprint density at radius 3 is 2.38 bits per heavy atom. The van der Waals surface area contributed by atoms with Crippen LogP contribution in [0.1, 0.15) is 32.0 Å². The van der Waals surface area contributed by atoms with Crippen LogP contribution in [0.3, 0.4) is 0 Å². The Bertz CT molecular complexity index is 1170. The summed E-state index contributed by atoms with van der Waals surface area (Å²) in [6.45, 7) is 7.58. The first-order valence-corrected chi connectivity index (χ1v) is 12.8. The first-order valence-electron chi connectivity index (χ1n) is 10.5. The number of thiazole rings is 1. The quantitative estimate of drug-likeness (QED) is 0.563. The lowest BCUT2D eigenvalue weighted by Crippen LogP contribution is -2.50.